The summed E-state index contributed by atoms with van der Waals surface area (Å²) in [5.41, 5.74) is 2.70. The van der Waals surface area contributed by atoms with E-state index in [4.69, 9.17) is 71.1 Å². The fourth-order valence-electron chi connectivity index (χ4n) is 6.05. The van der Waals surface area contributed by atoms with E-state index in [-0.39, 0.29) is 37.4 Å². The molecular weight excluding hydrogens is 937 g/mol. The molecule has 0 fully saturated rings. The van der Waals surface area contributed by atoms with Crippen LogP contribution in [-0.4, -0.2) is 188 Å². The van der Waals surface area contributed by atoms with Crippen molar-refractivity contribution >= 4 is 17.7 Å². The minimum absolute atomic E-state index is 0.00868. The summed E-state index contributed by atoms with van der Waals surface area (Å²) in [5.74, 6) is -0.0759. The Morgan fingerprint density at radius 3 is 1.26 bits per heavy atom. The number of esters is 2. The second-order valence-corrected chi connectivity index (χ2v) is 16.8. The zero-order valence-electron chi connectivity index (χ0n) is 42.9. The Balaban J connectivity index is 0.956. The third-order valence-corrected chi connectivity index (χ3v) is 9.61. The maximum atomic E-state index is 12.6. The molecule has 0 saturated heterocycles. The molecule has 3 aromatic carbocycles. The maximum absolute atomic E-state index is 12.6. The van der Waals surface area contributed by atoms with Crippen molar-refractivity contribution in [2.24, 2.45) is 0 Å². The van der Waals surface area contributed by atoms with E-state index in [0.717, 1.165) is 16.7 Å². The Hall–Kier alpha value is -4.41. The minimum atomic E-state index is -0.484. The van der Waals surface area contributed by atoms with Gasteiger partial charge in [0.05, 0.1) is 164 Å². The van der Waals surface area contributed by atoms with Crippen LogP contribution in [0, 0.1) is 0 Å². The van der Waals surface area contributed by atoms with Gasteiger partial charge in [-0.15, -0.1) is 0 Å². The van der Waals surface area contributed by atoms with E-state index in [1.165, 1.54) is 0 Å². The van der Waals surface area contributed by atoms with Crippen molar-refractivity contribution in [3.8, 4) is 16.9 Å². The number of carbonyl (C=O) groups is 3. The Bertz CT molecular complexity index is 1790. The van der Waals surface area contributed by atoms with Gasteiger partial charge >= 0.3 is 11.9 Å². The maximum Gasteiger partial charge on any atom is 0.338 e. The standard InChI is InChI=1S/C54H80O18/c1-54(2,3)72-52(56)18-20-59-22-24-61-26-28-63-30-32-65-34-36-67-38-40-69-42-41-68-39-37-66-35-33-64-31-29-62-27-25-60-23-21-58-19-8-13-50(55)45-70-51-16-14-47(15-17-51)48-11-7-12-49(43-48)53(57)71-44-46-9-5-4-6-10-46/h4-7,9-12,14-17,43H,8,13,18-42,44-45H2,1-3H3. The predicted octanol–water partition coefficient (Wildman–Crippen LogP) is 6.37. The number of carbonyl (C=O) groups excluding carboxylic acids is 3. The molecule has 0 unspecified atom stereocenters. The van der Waals surface area contributed by atoms with Crippen molar-refractivity contribution in [2.75, 3.05) is 165 Å². The van der Waals surface area contributed by atoms with E-state index in [1.807, 2.05) is 87.5 Å². The third kappa shape index (κ3) is 34.9. The number of hydrogen-bond donors (Lipinski definition) is 0. The van der Waals surface area contributed by atoms with Crippen LogP contribution >= 0.6 is 0 Å². The third-order valence-electron chi connectivity index (χ3n) is 9.61. The summed E-state index contributed by atoms with van der Waals surface area (Å²) in [6.45, 7) is 16.6. The van der Waals surface area contributed by atoms with E-state index in [2.05, 4.69) is 0 Å². The molecule has 0 bridgehead atoms. The number of benzene rings is 3. The van der Waals surface area contributed by atoms with Crippen LogP contribution in [0.4, 0.5) is 0 Å². The number of Topliss-reactive ketones (excluding diaryl/α,β-unsaturated/α-hetero) is 1. The number of ether oxygens (including phenoxy) is 15. The molecule has 0 amide bonds. The highest BCUT2D eigenvalue weighted by atomic mass is 16.6. The first-order valence-corrected chi connectivity index (χ1v) is 24.9. The van der Waals surface area contributed by atoms with E-state index < -0.39 is 5.60 Å². The van der Waals surface area contributed by atoms with Crippen molar-refractivity contribution in [2.45, 2.75) is 52.2 Å². The molecule has 0 atom stereocenters. The largest absolute Gasteiger partial charge is 0.486 e. The second-order valence-electron chi connectivity index (χ2n) is 16.8. The quantitative estimate of drug-likeness (QED) is 0.0448. The summed E-state index contributed by atoms with van der Waals surface area (Å²) < 4.78 is 82.4. The highest BCUT2D eigenvalue weighted by Crippen LogP contribution is 2.24. The van der Waals surface area contributed by atoms with Gasteiger partial charge in [-0.3, -0.25) is 9.59 Å². The van der Waals surface area contributed by atoms with Crippen molar-refractivity contribution in [3.05, 3.63) is 90.0 Å². The molecule has 0 aliphatic heterocycles. The van der Waals surface area contributed by atoms with Crippen LogP contribution in [0.25, 0.3) is 11.1 Å². The van der Waals surface area contributed by atoms with E-state index >= 15 is 0 Å². The molecule has 0 aliphatic rings. The fourth-order valence-corrected chi connectivity index (χ4v) is 6.05. The first kappa shape index (κ1) is 61.9. The molecule has 0 aliphatic carbocycles. The van der Waals surface area contributed by atoms with Gasteiger partial charge in [-0.25, -0.2) is 4.79 Å². The lowest BCUT2D eigenvalue weighted by atomic mass is 10.0. The summed E-state index contributed by atoms with van der Waals surface area (Å²) in [6.07, 6.45) is 1.18. The number of rotatable bonds is 47. The zero-order valence-corrected chi connectivity index (χ0v) is 42.9. The topological polar surface area (TPSA) is 190 Å². The summed E-state index contributed by atoms with van der Waals surface area (Å²) >= 11 is 0. The van der Waals surface area contributed by atoms with Crippen molar-refractivity contribution in [3.63, 3.8) is 0 Å². The first-order valence-electron chi connectivity index (χ1n) is 24.9. The minimum Gasteiger partial charge on any atom is -0.486 e. The molecule has 0 radical (unpaired) electrons. The lowest BCUT2D eigenvalue weighted by molar-refractivity contribution is -0.156. The van der Waals surface area contributed by atoms with Crippen LogP contribution in [0.1, 0.15) is 56.0 Å². The van der Waals surface area contributed by atoms with Crippen LogP contribution in [0.2, 0.25) is 0 Å². The molecule has 0 saturated carbocycles. The molecule has 0 spiro atoms. The molecule has 3 aromatic rings. The van der Waals surface area contributed by atoms with Crippen LogP contribution in [0.15, 0.2) is 78.9 Å². The summed E-state index contributed by atoms with van der Waals surface area (Å²) in [5, 5.41) is 0. The van der Waals surface area contributed by atoms with Gasteiger partial charge < -0.3 is 71.1 Å². The zero-order chi connectivity index (χ0) is 51.4. The molecule has 72 heavy (non-hydrogen) atoms. The van der Waals surface area contributed by atoms with Gasteiger partial charge in [-0.1, -0.05) is 54.6 Å². The normalized spacial score (nSPS) is 11.5. The van der Waals surface area contributed by atoms with Crippen LogP contribution < -0.4 is 4.74 Å². The molecule has 18 nitrogen and oxygen atoms in total. The summed E-state index contributed by atoms with van der Waals surface area (Å²) in [6, 6.07) is 24.2. The molecule has 3 rings (SSSR count). The van der Waals surface area contributed by atoms with Crippen LogP contribution in [0.5, 0.6) is 5.75 Å². The smallest absolute Gasteiger partial charge is 0.338 e. The Morgan fingerprint density at radius 2 is 0.833 bits per heavy atom. The fraction of sp³-hybridized carbons (Fsp3) is 0.611. The molecular formula is C54H80O18. The second kappa shape index (κ2) is 42.0. The summed E-state index contributed by atoms with van der Waals surface area (Å²) in [7, 11) is 0. The van der Waals surface area contributed by atoms with Gasteiger partial charge in [-0.2, -0.15) is 0 Å². The molecule has 0 heterocycles. The van der Waals surface area contributed by atoms with Gasteiger partial charge in [-0.05, 0) is 68.1 Å². The van der Waals surface area contributed by atoms with Crippen LogP contribution in [0.3, 0.4) is 0 Å². The Kier molecular flexibility index (Phi) is 36.1. The SMILES string of the molecule is CC(C)(C)OC(=O)CCOCCOCCOCCOCCOCCOCCOCCOCCOCCOCCOCCOCCCC(=O)COc1ccc(-c2cccc(C(=O)OCc3ccccc3)c2)cc1. The van der Waals surface area contributed by atoms with E-state index in [0.29, 0.717) is 183 Å². The summed E-state index contributed by atoms with van der Waals surface area (Å²) in [4.78, 5) is 36.6. The molecule has 0 aromatic heterocycles. The van der Waals surface area contributed by atoms with Gasteiger partial charge in [0.1, 0.15) is 24.6 Å². The Labute approximate surface area is 426 Å². The molecule has 404 valence electrons. The molecule has 18 heteroatoms. The van der Waals surface area contributed by atoms with Gasteiger partial charge in [0.2, 0.25) is 0 Å². The lowest BCUT2D eigenvalue weighted by Gasteiger charge is -2.19. The van der Waals surface area contributed by atoms with E-state index in [9.17, 15) is 14.4 Å². The Morgan fingerprint density at radius 1 is 0.417 bits per heavy atom. The van der Waals surface area contributed by atoms with Crippen molar-refractivity contribution in [1.82, 2.24) is 0 Å². The molecule has 0 N–H and O–H groups in total. The first-order chi connectivity index (χ1) is 35.2. The highest BCUT2D eigenvalue weighted by Gasteiger charge is 2.16. The highest BCUT2D eigenvalue weighted by molar-refractivity contribution is 5.91. The van der Waals surface area contributed by atoms with Crippen molar-refractivity contribution < 1.29 is 85.4 Å². The average molecular weight is 1020 g/mol. The average Bonchev–Trinajstić information content (AvgIpc) is 3.38. The number of hydrogen-bond acceptors (Lipinski definition) is 18. The van der Waals surface area contributed by atoms with Crippen molar-refractivity contribution in [1.29, 1.82) is 0 Å². The monoisotopic (exact) mass is 1020 g/mol. The van der Waals surface area contributed by atoms with Gasteiger partial charge in [0, 0.05) is 13.0 Å². The van der Waals surface area contributed by atoms with Gasteiger partial charge in [0.25, 0.3) is 0 Å². The predicted molar refractivity (Wildman–Crippen MR) is 267 cm³/mol. The number of ketones is 1. The van der Waals surface area contributed by atoms with Gasteiger partial charge in [0.15, 0.2) is 5.78 Å². The van der Waals surface area contributed by atoms with Crippen LogP contribution in [-0.2, 0) is 82.5 Å². The lowest BCUT2D eigenvalue weighted by Crippen LogP contribution is -2.24. The van der Waals surface area contributed by atoms with E-state index in [1.54, 1.807) is 12.1 Å².